The van der Waals surface area contributed by atoms with E-state index in [2.05, 4.69) is 42.6 Å². The van der Waals surface area contributed by atoms with Crippen LogP contribution in [0.4, 0.5) is 0 Å². The summed E-state index contributed by atoms with van der Waals surface area (Å²) in [4.78, 5) is 0. The molecule has 3 heteroatoms. The number of unbranched alkanes of at least 4 members (excludes halogenated alkanes) is 4. The Kier molecular flexibility index (Phi) is 12.5. The van der Waals surface area contributed by atoms with Gasteiger partial charge >= 0.3 is 0 Å². The van der Waals surface area contributed by atoms with Crippen LogP contribution in [0.1, 0.15) is 65.7 Å². The lowest BCUT2D eigenvalue weighted by Gasteiger charge is -1.99. The number of nitrogens with one attached hydrogen (secondary N) is 1. The van der Waals surface area contributed by atoms with E-state index in [1.54, 1.807) is 0 Å². The van der Waals surface area contributed by atoms with Crippen molar-refractivity contribution in [3.8, 4) is 0 Å². The van der Waals surface area contributed by atoms with Crippen LogP contribution >= 0.6 is 0 Å². The second-order valence-corrected chi connectivity index (χ2v) is 4.88. The van der Waals surface area contributed by atoms with E-state index < -0.39 is 0 Å². The maximum atomic E-state index is 4.05. The van der Waals surface area contributed by atoms with E-state index in [-0.39, 0.29) is 0 Å². The number of hydrogen-bond acceptors (Lipinski definition) is 2. The van der Waals surface area contributed by atoms with Crippen molar-refractivity contribution in [2.24, 2.45) is 16.3 Å². The van der Waals surface area contributed by atoms with E-state index >= 15 is 0 Å². The van der Waals surface area contributed by atoms with Crippen molar-refractivity contribution < 1.29 is 0 Å². The molecule has 0 saturated carbocycles. The molecule has 0 spiro atoms. The van der Waals surface area contributed by atoms with Crippen LogP contribution in [0.3, 0.4) is 0 Å². The van der Waals surface area contributed by atoms with Gasteiger partial charge in [0.05, 0.1) is 6.54 Å². The van der Waals surface area contributed by atoms with Crippen molar-refractivity contribution in [1.82, 2.24) is 5.43 Å². The molecule has 0 saturated heterocycles. The molecule has 0 bridgehead atoms. The molecule has 0 aliphatic carbocycles. The summed E-state index contributed by atoms with van der Waals surface area (Å²) < 4.78 is 0. The van der Waals surface area contributed by atoms with Crippen LogP contribution < -0.4 is 5.43 Å². The third-order valence-corrected chi connectivity index (χ3v) is 2.58. The minimum absolute atomic E-state index is 0.765. The summed E-state index contributed by atoms with van der Waals surface area (Å²) in [5.41, 5.74) is 2.84. The number of rotatable bonds is 11. The quantitative estimate of drug-likeness (QED) is 0.312. The first-order chi connectivity index (χ1) is 8.27. The van der Waals surface area contributed by atoms with Gasteiger partial charge in [-0.2, -0.15) is 5.11 Å². The zero-order valence-electron chi connectivity index (χ0n) is 11.8. The van der Waals surface area contributed by atoms with Gasteiger partial charge in [-0.15, -0.1) is 0 Å². The smallest absolute Gasteiger partial charge is 0.0620 e. The molecule has 3 nitrogen and oxygen atoms in total. The molecular weight excluding hydrogens is 210 g/mol. The van der Waals surface area contributed by atoms with Crippen molar-refractivity contribution in [3.05, 3.63) is 12.3 Å². The molecule has 0 fully saturated rings. The molecule has 0 heterocycles. The lowest BCUT2D eigenvalue weighted by atomic mass is 10.1. The summed E-state index contributed by atoms with van der Waals surface area (Å²) in [6.07, 6.45) is 12.8. The van der Waals surface area contributed by atoms with Crippen molar-refractivity contribution in [1.29, 1.82) is 0 Å². The topological polar surface area (TPSA) is 36.8 Å². The van der Waals surface area contributed by atoms with E-state index in [1.165, 1.54) is 32.1 Å². The minimum atomic E-state index is 0.765. The van der Waals surface area contributed by atoms with Gasteiger partial charge in [0.15, 0.2) is 0 Å². The highest BCUT2D eigenvalue weighted by Crippen LogP contribution is 2.03. The summed E-state index contributed by atoms with van der Waals surface area (Å²) in [5.74, 6) is 0.765. The molecule has 1 N–H and O–H groups in total. The highest BCUT2D eigenvalue weighted by atomic mass is 15.4. The molecule has 0 radical (unpaired) electrons. The standard InChI is InChI=1S/C14H29N3/c1-4-5-6-7-8-9-12-15-17-16-13-10-11-14(2)3/h9,12,14H,4-8,10-11,13H2,1-3H3,(H,15,16)/b12-9+. The average molecular weight is 239 g/mol. The van der Waals surface area contributed by atoms with Gasteiger partial charge in [0.1, 0.15) is 0 Å². The fourth-order valence-corrected chi connectivity index (χ4v) is 1.52. The minimum Gasteiger partial charge on any atom is -0.268 e. The van der Waals surface area contributed by atoms with Crippen LogP contribution in [0.15, 0.2) is 22.6 Å². The van der Waals surface area contributed by atoms with Gasteiger partial charge in [-0.25, -0.2) is 0 Å². The van der Waals surface area contributed by atoms with E-state index in [1.807, 2.05) is 6.20 Å². The molecule has 0 amide bonds. The maximum Gasteiger partial charge on any atom is 0.0620 e. The zero-order chi connectivity index (χ0) is 12.8. The molecule has 17 heavy (non-hydrogen) atoms. The number of hydrogen-bond donors (Lipinski definition) is 1. The van der Waals surface area contributed by atoms with Crippen LogP contribution in [-0.2, 0) is 0 Å². The summed E-state index contributed by atoms with van der Waals surface area (Å²) in [5, 5.41) is 7.94. The first kappa shape index (κ1) is 16.1. The van der Waals surface area contributed by atoms with Gasteiger partial charge in [0.25, 0.3) is 0 Å². The Labute approximate surface area is 107 Å². The number of allylic oxidation sites excluding steroid dienone is 1. The normalized spacial score (nSPS) is 12.0. The molecule has 0 rings (SSSR count). The number of nitrogens with zero attached hydrogens (tertiary/aromatic N) is 2. The monoisotopic (exact) mass is 239 g/mol. The lowest BCUT2D eigenvalue weighted by Crippen LogP contribution is -1.93. The van der Waals surface area contributed by atoms with Crippen LogP contribution in [0.5, 0.6) is 0 Å². The third kappa shape index (κ3) is 15.1. The predicted molar refractivity (Wildman–Crippen MR) is 74.8 cm³/mol. The molecule has 0 atom stereocenters. The second-order valence-electron chi connectivity index (χ2n) is 4.88. The van der Waals surface area contributed by atoms with E-state index in [0.29, 0.717) is 0 Å². The van der Waals surface area contributed by atoms with Gasteiger partial charge in [0.2, 0.25) is 0 Å². The third-order valence-electron chi connectivity index (χ3n) is 2.58. The molecule has 0 aromatic rings. The summed E-state index contributed by atoms with van der Waals surface area (Å²) >= 11 is 0. The van der Waals surface area contributed by atoms with Crippen molar-refractivity contribution >= 4 is 0 Å². The van der Waals surface area contributed by atoms with E-state index in [9.17, 15) is 0 Å². The molecule has 0 aliphatic heterocycles. The van der Waals surface area contributed by atoms with Crippen LogP contribution in [0.25, 0.3) is 0 Å². The van der Waals surface area contributed by atoms with Crippen molar-refractivity contribution in [3.63, 3.8) is 0 Å². The van der Waals surface area contributed by atoms with E-state index in [0.717, 1.165) is 25.3 Å². The lowest BCUT2D eigenvalue weighted by molar-refractivity contribution is 0.553. The Hall–Kier alpha value is -0.860. The Morgan fingerprint density at radius 3 is 2.65 bits per heavy atom. The van der Waals surface area contributed by atoms with E-state index in [4.69, 9.17) is 0 Å². The first-order valence-corrected chi connectivity index (χ1v) is 7.04. The summed E-state index contributed by atoms with van der Waals surface area (Å²) in [7, 11) is 0. The van der Waals surface area contributed by atoms with Crippen molar-refractivity contribution in [2.45, 2.75) is 65.7 Å². The van der Waals surface area contributed by atoms with Crippen molar-refractivity contribution in [2.75, 3.05) is 6.54 Å². The van der Waals surface area contributed by atoms with Gasteiger partial charge in [-0.3, -0.25) is 5.43 Å². The van der Waals surface area contributed by atoms with Gasteiger partial charge in [-0.05, 0) is 31.6 Å². The maximum absolute atomic E-state index is 4.05. The Morgan fingerprint density at radius 2 is 1.94 bits per heavy atom. The van der Waals surface area contributed by atoms with Gasteiger partial charge < -0.3 is 0 Å². The highest BCUT2D eigenvalue weighted by molar-refractivity contribution is 4.77. The molecular formula is C14H29N3. The van der Waals surface area contributed by atoms with Crippen LogP contribution in [0, 0.1) is 5.92 Å². The molecule has 100 valence electrons. The first-order valence-electron chi connectivity index (χ1n) is 7.04. The summed E-state index contributed by atoms with van der Waals surface area (Å²) in [6, 6.07) is 0. The summed E-state index contributed by atoms with van der Waals surface area (Å²) in [6.45, 7) is 7.53. The fraction of sp³-hybridized carbons (Fsp3) is 0.857. The van der Waals surface area contributed by atoms with Crippen LogP contribution in [-0.4, -0.2) is 6.54 Å². The Bertz CT molecular complexity index is 198. The SMILES string of the molecule is CCCCCC/C=C/NN=NCCCC(C)C. The molecule has 0 aliphatic rings. The highest BCUT2D eigenvalue weighted by Gasteiger charge is 1.91. The van der Waals surface area contributed by atoms with Crippen LogP contribution in [0.2, 0.25) is 0 Å². The Balaban J connectivity index is 3.19. The fourth-order valence-electron chi connectivity index (χ4n) is 1.52. The molecule has 0 aromatic heterocycles. The average Bonchev–Trinajstić information content (AvgIpc) is 2.30. The second kappa shape index (κ2) is 13.2. The van der Waals surface area contributed by atoms with Gasteiger partial charge in [0, 0.05) is 6.20 Å². The van der Waals surface area contributed by atoms with Gasteiger partial charge in [-0.1, -0.05) is 51.3 Å². The molecule has 0 aromatic carbocycles. The zero-order valence-corrected chi connectivity index (χ0v) is 11.8. The predicted octanol–water partition coefficient (Wildman–Crippen LogP) is 4.86. The largest absolute Gasteiger partial charge is 0.268 e. The Morgan fingerprint density at radius 1 is 1.12 bits per heavy atom. The molecule has 0 unspecified atom stereocenters.